The molecule has 0 spiro atoms. The van der Waals surface area contributed by atoms with Crippen LogP contribution in [0, 0.1) is 0 Å². The Hall–Kier alpha value is -2.63. The zero-order valence-corrected chi connectivity index (χ0v) is 16.1. The van der Waals surface area contributed by atoms with Crippen LogP contribution in [-0.2, 0) is 11.2 Å². The maximum Gasteiger partial charge on any atom is 0.227 e. The minimum atomic E-state index is -0.105. The fourth-order valence-electron chi connectivity index (χ4n) is 2.86. The molecule has 0 aliphatic rings. The SMILES string of the molecule is CN(C)C(CNC(=O)Cc1cc(-c2ccccc2)no1)c1ccc(Cl)cc1. The molecule has 140 valence electrons. The number of nitrogens with one attached hydrogen (secondary N) is 1. The normalized spacial score (nSPS) is 12.1. The molecule has 0 saturated heterocycles. The minimum absolute atomic E-state index is 0.0563. The molecule has 0 radical (unpaired) electrons. The molecule has 0 fully saturated rings. The predicted molar refractivity (Wildman–Crippen MR) is 107 cm³/mol. The molecule has 0 aliphatic carbocycles. The number of carbonyl (C=O) groups is 1. The van der Waals surface area contributed by atoms with Crippen molar-refractivity contribution in [2.45, 2.75) is 12.5 Å². The van der Waals surface area contributed by atoms with E-state index in [2.05, 4.69) is 15.4 Å². The van der Waals surface area contributed by atoms with Crippen LogP contribution in [0.3, 0.4) is 0 Å². The topological polar surface area (TPSA) is 58.4 Å². The monoisotopic (exact) mass is 383 g/mol. The van der Waals surface area contributed by atoms with Crippen LogP contribution in [0.1, 0.15) is 17.4 Å². The molecule has 0 saturated carbocycles. The van der Waals surface area contributed by atoms with Crippen molar-refractivity contribution < 1.29 is 9.32 Å². The summed E-state index contributed by atoms with van der Waals surface area (Å²) in [7, 11) is 3.96. The summed E-state index contributed by atoms with van der Waals surface area (Å²) in [5.41, 5.74) is 2.78. The third kappa shape index (κ3) is 5.18. The van der Waals surface area contributed by atoms with Crippen molar-refractivity contribution >= 4 is 17.5 Å². The van der Waals surface area contributed by atoms with Gasteiger partial charge in [-0.25, -0.2) is 0 Å². The summed E-state index contributed by atoms with van der Waals surface area (Å²) in [6.07, 6.45) is 0.153. The number of rotatable bonds is 7. The van der Waals surface area contributed by atoms with Crippen molar-refractivity contribution in [3.8, 4) is 11.3 Å². The van der Waals surface area contributed by atoms with Gasteiger partial charge in [-0.2, -0.15) is 0 Å². The molecular weight excluding hydrogens is 362 g/mol. The van der Waals surface area contributed by atoms with Gasteiger partial charge >= 0.3 is 0 Å². The molecular formula is C21H22ClN3O2. The second kappa shape index (κ2) is 8.84. The van der Waals surface area contributed by atoms with E-state index in [0.29, 0.717) is 17.3 Å². The van der Waals surface area contributed by atoms with Gasteiger partial charge < -0.3 is 14.7 Å². The quantitative estimate of drug-likeness (QED) is 0.671. The van der Waals surface area contributed by atoms with E-state index in [9.17, 15) is 4.79 Å². The first-order chi connectivity index (χ1) is 13.0. The Morgan fingerprint density at radius 1 is 1.15 bits per heavy atom. The predicted octanol–water partition coefficient (Wildman–Crippen LogP) is 3.96. The first-order valence-electron chi connectivity index (χ1n) is 8.72. The van der Waals surface area contributed by atoms with Gasteiger partial charge in [0.2, 0.25) is 5.91 Å². The van der Waals surface area contributed by atoms with Crippen LogP contribution in [0.2, 0.25) is 5.02 Å². The molecule has 3 rings (SSSR count). The zero-order chi connectivity index (χ0) is 19.2. The molecule has 1 N–H and O–H groups in total. The number of hydrogen-bond donors (Lipinski definition) is 1. The van der Waals surface area contributed by atoms with E-state index in [-0.39, 0.29) is 18.4 Å². The summed E-state index contributed by atoms with van der Waals surface area (Å²) in [5.74, 6) is 0.436. The number of halogens is 1. The van der Waals surface area contributed by atoms with Crippen LogP contribution in [0.5, 0.6) is 0 Å². The Morgan fingerprint density at radius 3 is 2.52 bits per heavy atom. The summed E-state index contributed by atoms with van der Waals surface area (Å²) in [6.45, 7) is 0.493. The first kappa shape index (κ1) is 19.1. The third-order valence-electron chi connectivity index (χ3n) is 4.33. The van der Waals surface area contributed by atoms with E-state index in [1.807, 2.05) is 68.7 Å². The van der Waals surface area contributed by atoms with Crippen LogP contribution in [-0.4, -0.2) is 36.6 Å². The van der Waals surface area contributed by atoms with E-state index in [4.69, 9.17) is 16.1 Å². The summed E-state index contributed by atoms with van der Waals surface area (Å²) in [6, 6.07) is 19.2. The average Bonchev–Trinajstić information content (AvgIpc) is 3.12. The molecule has 1 aromatic heterocycles. The van der Waals surface area contributed by atoms with E-state index in [1.54, 1.807) is 6.07 Å². The smallest absolute Gasteiger partial charge is 0.227 e. The summed E-state index contributed by atoms with van der Waals surface area (Å²) >= 11 is 5.96. The van der Waals surface area contributed by atoms with Gasteiger partial charge in [0.25, 0.3) is 0 Å². The summed E-state index contributed by atoms with van der Waals surface area (Å²) in [5, 5.41) is 7.71. The van der Waals surface area contributed by atoms with Crippen molar-refractivity contribution in [2.75, 3.05) is 20.6 Å². The van der Waals surface area contributed by atoms with Crippen molar-refractivity contribution in [1.82, 2.24) is 15.4 Å². The lowest BCUT2D eigenvalue weighted by molar-refractivity contribution is -0.120. The number of aromatic nitrogens is 1. The van der Waals surface area contributed by atoms with Gasteiger partial charge in [0, 0.05) is 23.2 Å². The molecule has 1 amide bonds. The number of benzene rings is 2. The highest BCUT2D eigenvalue weighted by atomic mass is 35.5. The van der Waals surface area contributed by atoms with Gasteiger partial charge in [0.05, 0.1) is 12.5 Å². The molecule has 5 nitrogen and oxygen atoms in total. The number of hydrogen-bond acceptors (Lipinski definition) is 4. The van der Waals surface area contributed by atoms with E-state index in [1.165, 1.54) is 0 Å². The van der Waals surface area contributed by atoms with Gasteiger partial charge in [-0.3, -0.25) is 4.79 Å². The Morgan fingerprint density at radius 2 is 1.85 bits per heavy atom. The molecule has 2 aromatic carbocycles. The molecule has 3 aromatic rings. The van der Waals surface area contributed by atoms with Gasteiger partial charge in [-0.1, -0.05) is 59.2 Å². The average molecular weight is 384 g/mol. The maximum absolute atomic E-state index is 12.3. The number of likely N-dealkylation sites (N-methyl/N-ethyl adjacent to an activating group) is 1. The lowest BCUT2D eigenvalue weighted by Gasteiger charge is -2.25. The highest BCUT2D eigenvalue weighted by molar-refractivity contribution is 6.30. The lowest BCUT2D eigenvalue weighted by atomic mass is 10.1. The molecule has 27 heavy (non-hydrogen) atoms. The highest BCUT2D eigenvalue weighted by Gasteiger charge is 2.16. The van der Waals surface area contributed by atoms with E-state index in [0.717, 1.165) is 16.8 Å². The number of amides is 1. The molecule has 0 aliphatic heterocycles. The number of nitrogens with zero attached hydrogens (tertiary/aromatic N) is 2. The van der Waals surface area contributed by atoms with Crippen LogP contribution in [0.25, 0.3) is 11.3 Å². The fourth-order valence-corrected chi connectivity index (χ4v) is 2.98. The highest BCUT2D eigenvalue weighted by Crippen LogP contribution is 2.21. The van der Waals surface area contributed by atoms with E-state index < -0.39 is 0 Å². The van der Waals surface area contributed by atoms with Crippen molar-refractivity contribution in [2.24, 2.45) is 0 Å². The Bertz CT molecular complexity index is 876. The standard InChI is InChI=1S/C21H22ClN3O2/c1-25(2)20(16-8-10-17(22)11-9-16)14-23-21(26)13-18-12-19(24-27-18)15-6-4-3-5-7-15/h3-12,20H,13-14H2,1-2H3,(H,23,26). The molecule has 6 heteroatoms. The van der Waals surface area contributed by atoms with E-state index >= 15 is 0 Å². The second-order valence-electron chi connectivity index (χ2n) is 6.56. The lowest BCUT2D eigenvalue weighted by Crippen LogP contribution is -2.35. The van der Waals surface area contributed by atoms with Crippen LogP contribution in [0.4, 0.5) is 0 Å². The van der Waals surface area contributed by atoms with Crippen molar-refractivity contribution in [3.63, 3.8) is 0 Å². The second-order valence-corrected chi connectivity index (χ2v) is 6.99. The van der Waals surface area contributed by atoms with Crippen molar-refractivity contribution in [1.29, 1.82) is 0 Å². The maximum atomic E-state index is 12.3. The Kier molecular flexibility index (Phi) is 6.27. The van der Waals surface area contributed by atoms with Crippen LogP contribution in [0.15, 0.2) is 65.2 Å². The Balaban J connectivity index is 1.58. The molecule has 1 unspecified atom stereocenters. The first-order valence-corrected chi connectivity index (χ1v) is 9.10. The fraction of sp³-hybridized carbons (Fsp3) is 0.238. The largest absolute Gasteiger partial charge is 0.360 e. The summed E-state index contributed by atoms with van der Waals surface area (Å²) in [4.78, 5) is 14.4. The minimum Gasteiger partial charge on any atom is -0.360 e. The molecule has 0 bridgehead atoms. The zero-order valence-electron chi connectivity index (χ0n) is 15.4. The van der Waals surface area contributed by atoms with Gasteiger partial charge in [0.15, 0.2) is 0 Å². The van der Waals surface area contributed by atoms with Gasteiger partial charge in [0.1, 0.15) is 11.5 Å². The number of carbonyl (C=O) groups excluding carboxylic acids is 1. The van der Waals surface area contributed by atoms with Crippen LogP contribution < -0.4 is 5.32 Å². The molecule has 1 atom stereocenters. The van der Waals surface area contributed by atoms with Gasteiger partial charge in [-0.05, 0) is 31.8 Å². The molecule has 1 heterocycles. The third-order valence-corrected chi connectivity index (χ3v) is 4.59. The van der Waals surface area contributed by atoms with Gasteiger partial charge in [-0.15, -0.1) is 0 Å². The Labute approximate surface area is 163 Å². The summed E-state index contributed by atoms with van der Waals surface area (Å²) < 4.78 is 5.31. The van der Waals surface area contributed by atoms with Crippen molar-refractivity contribution in [3.05, 3.63) is 77.0 Å². The van der Waals surface area contributed by atoms with Crippen LogP contribution >= 0.6 is 11.6 Å².